The van der Waals surface area contributed by atoms with Gasteiger partial charge in [-0.3, -0.25) is 0 Å². The van der Waals surface area contributed by atoms with E-state index in [2.05, 4.69) is 13.8 Å². The molecule has 0 bridgehead atoms. The molecular weight excluding hydrogens is 198 g/mol. The first-order valence-corrected chi connectivity index (χ1v) is 4.60. The van der Waals surface area contributed by atoms with Gasteiger partial charge in [-0.15, -0.1) is 12.4 Å². The fourth-order valence-electron chi connectivity index (χ4n) is 2.03. The lowest BCUT2D eigenvalue weighted by atomic mass is 9.83. The quantitative estimate of drug-likeness (QED) is 0.692. The predicted molar refractivity (Wildman–Crippen MR) is 60.1 cm³/mol. The van der Waals surface area contributed by atoms with Crippen molar-refractivity contribution in [2.75, 3.05) is 0 Å². The molecule has 2 rings (SSSR count). The Hall–Kier alpha value is -0.730. The van der Waals surface area contributed by atoms with Gasteiger partial charge in [-0.25, -0.2) is 0 Å². The normalized spacial score (nSPS) is 22.6. The van der Waals surface area contributed by atoms with Crippen molar-refractivity contribution in [3.8, 4) is 5.75 Å². The zero-order valence-corrected chi connectivity index (χ0v) is 9.27. The summed E-state index contributed by atoms with van der Waals surface area (Å²) in [4.78, 5) is 0. The van der Waals surface area contributed by atoms with Crippen LogP contribution >= 0.6 is 12.4 Å². The van der Waals surface area contributed by atoms with Crippen molar-refractivity contribution in [2.45, 2.75) is 31.7 Å². The second-order valence-corrected chi connectivity index (χ2v) is 4.37. The summed E-state index contributed by atoms with van der Waals surface area (Å²) in [6.07, 6.45) is 0.919. The molecule has 0 radical (unpaired) electrons. The van der Waals surface area contributed by atoms with E-state index in [1.54, 1.807) is 6.07 Å². The summed E-state index contributed by atoms with van der Waals surface area (Å²) in [5.74, 6) is 0.334. The first kappa shape index (κ1) is 11.3. The molecule has 0 aliphatic heterocycles. The van der Waals surface area contributed by atoms with Crippen molar-refractivity contribution >= 4 is 12.4 Å². The van der Waals surface area contributed by atoms with Gasteiger partial charge in [0.05, 0.1) is 0 Å². The third kappa shape index (κ3) is 1.49. The molecule has 0 saturated heterocycles. The Kier molecular flexibility index (Phi) is 2.79. The summed E-state index contributed by atoms with van der Waals surface area (Å²) < 4.78 is 0. The summed E-state index contributed by atoms with van der Waals surface area (Å²) in [6, 6.07) is 5.71. The van der Waals surface area contributed by atoms with Gasteiger partial charge < -0.3 is 10.8 Å². The fourth-order valence-corrected chi connectivity index (χ4v) is 2.03. The highest BCUT2D eigenvalue weighted by Crippen LogP contribution is 2.38. The predicted octanol–water partition coefficient (Wildman–Crippen LogP) is 1.98. The smallest absolute Gasteiger partial charge is 0.115 e. The highest BCUT2D eigenvalue weighted by Gasteiger charge is 2.36. The summed E-state index contributed by atoms with van der Waals surface area (Å²) in [5.41, 5.74) is 8.49. The third-order valence-electron chi connectivity index (χ3n) is 3.15. The molecule has 0 amide bonds. The monoisotopic (exact) mass is 213 g/mol. The molecule has 78 valence electrons. The van der Waals surface area contributed by atoms with E-state index in [9.17, 15) is 5.11 Å². The van der Waals surface area contributed by atoms with Gasteiger partial charge in [-0.2, -0.15) is 0 Å². The molecule has 0 heterocycles. The van der Waals surface area contributed by atoms with Crippen molar-refractivity contribution in [3.05, 3.63) is 29.3 Å². The van der Waals surface area contributed by atoms with Crippen molar-refractivity contribution < 1.29 is 5.11 Å². The maximum Gasteiger partial charge on any atom is 0.115 e. The Morgan fingerprint density at radius 2 is 2.07 bits per heavy atom. The molecule has 2 nitrogen and oxygen atoms in total. The van der Waals surface area contributed by atoms with Gasteiger partial charge in [0.25, 0.3) is 0 Å². The molecule has 0 spiro atoms. The van der Waals surface area contributed by atoms with Crippen molar-refractivity contribution in [1.82, 2.24) is 0 Å². The van der Waals surface area contributed by atoms with Crippen LogP contribution in [0, 0.1) is 0 Å². The SMILES string of the molecule is CC1(C)c2cc(O)ccc2CC1N.Cl. The molecule has 0 aromatic heterocycles. The zero-order valence-electron chi connectivity index (χ0n) is 8.45. The molecule has 1 atom stereocenters. The van der Waals surface area contributed by atoms with Crippen LogP contribution in [0.5, 0.6) is 5.75 Å². The summed E-state index contributed by atoms with van der Waals surface area (Å²) in [7, 11) is 0. The Morgan fingerprint density at radius 1 is 1.43 bits per heavy atom. The molecule has 0 fully saturated rings. The number of phenolic OH excluding ortho intramolecular Hbond substituents is 1. The van der Waals surface area contributed by atoms with E-state index >= 15 is 0 Å². The number of aromatic hydroxyl groups is 1. The van der Waals surface area contributed by atoms with Crippen LogP contribution in [-0.4, -0.2) is 11.1 Å². The maximum absolute atomic E-state index is 9.37. The number of fused-ring (bicyclic) bond motifs is 1. The van der Waals surface area contributed by atoms with E-state index in [0.29, 0.717) is 5.75 Å². The van der Waals surface area contributed by atoms with Crippen LogP contribution in [0.2, 0.25) is 0 Å². The van der Waals surface area contributed by atoms with E-state index in [1.165, 1.54) is 11.1 Å². The second-order valence-electron chi connectivity index (χ2n) is 4.37. The lowest BCUT2D eigenvalue weighted by molar-refractivity contribution is 0.439. The minimum Gasteiger partial charge on any atom is -0.508 e. The van der Waals surface area contributed by atoms with E-state index in [4.69, 9.17) is 5.73 Å². The Bertz CT molecular complexity index is 349. The third-order valence-corrected chi connectivity index (χ3v) is 3.15. The molecule has 1 aromatic rings. The van der Waals surface area contributed by atoms with E-state index in [0.717, 1.165) is 6.42 Å². The number of nitrogens with two attached hydrogens (primary N) is 1. The number of phenols is 1. The lowest BCUT2D eigenvalue weighted by Crippen LogP contribution is -2.36. The molecule has 1 unspecified atom stereocenters. The van der Waals surface area contributed by atoms with Gasteiger partial charge in [0, 0.05) is 11.5 Å². The van der Waals surface area contributed by atoms with Gasteiger partial charge in [0.2, 0.25) is 0 Å². The largest absolute Gasteiger partial charge is 0.508 e. The van der Waals surface area contributed by atoms with Gasteiger partial charge in [0.1, 0.15) is 5.75 Å². The van der Waals surface area contributed by atoms with Crippen molar-refractivity contribution in [1.29, 1.82) is 0 Å². The average molecular weight is 214 g/mol. The standard InChI is InChI=1S/C11H15NO.ClH/c1-11(2)9-6-8(13)4-3-7(9)5-10(11)12;/h3-4,6,10,13H,5,12H2,1-2H3;1H. The van der Waals surface area contributed by atoms with E-state index in [1.807, 2.05) is 12.1 Å². The molecule has 0 saturated carbocycles. The minimum absolute atomic E-state index is 0. The molecule has 1 aliphatic rings. The first-order chi connectivity index (χ1) is 6.01. The van der Waals surface area contributed by atoms with Crippen LogP contribution in [0.4, 0.5) is 0 Å². The van der Waals surface area contributed by atoms with Crippen LogP contribution in [0.15, 0.2) is 18.2 Å². The molecule has 3 heteroatoms. The molecule has 1 aromatic carbocycles. The summed E-state index contributed by atoms with van der Waals surface area (Å²) in [5, 5.41) is 9.37. The van der Waals surface area contributed by atoms with Gasteiger partial charge in [0.15, 0.2) is 0 Å². The molecule has 1 aliphatic carbocycles. The first-order valence-electron chi connectivity index (χ1n) is 4.60. The van der Waals surface area contributed by atoms with Crippen molar-refractivity contribution in [3.63, 3.8) is 0 Å². The topological polar surface area (TPSA) is 46.2 Å². The molecule has 3 N–H and O–H groups in total. The van der Waals surface area contributed by atoms with Crippen LogP contribution in [-0.2, 0) is 11.8 Å². The fraction of sp³-hybridized carbons (Fsp3) is 0.455. The van der Waals surface area contributed by atoms with Crippen LogP contribution in [0.25, 0.3) is 0 Å². The average Bonchev–Trinajstić information content (AvgIpc) is 2.27. The van der Waals surface area contributed by atoms with E-state index < -0.39 is 0 Å². The Balaban J connectivity index is 0.000000980. The van der Waals surface area contributed by atoms with Crippen LogP contribution < -0.4 is 5.73 Å². The number of rotatable bonds is 0. The highest BCUT2D eigenvalue weighted by molar-refractivity contribution is 5.85. The highest BCUT2D eigenvalue weighted by atomic mass is 35.5. The Morgan fingerprint density at radius 3 is 2.71 bits per heavy atom. The van der Waals surface area contributed by atoms with E-state index in [-0.39, 0.29) is 23.9 Å². The van der Waals surface area contributed by atoms with Gasteiger partial charge >= 0.3 is 0 Å². The number of hydrogen-bond donors (Lipinski definition) is 2. The second kappa shape index (κ2) is 3.44. The minimum atomic E-state index is -0.00588. The summed E-state index contributed by atoms with van der Waals surface area (Å²) >= 11 is 0. The summed E-state index contributed by atoms with van der Waals surface area (Å²) in [6.45, 7) is 4.26. The molecular formula is C11H16ClNO. The van der Waals surface area contributed by atoms with Crippen molar-refractivity contribution in [2.24, 2.45) is 5.73 Å². The maximum atomic E-state index is 9.37. The number of hydrogen-bond acceptors (Lipinski definition) is 2. The zero-order chi connectivity index (χ0) is 9.64. The number of benzene rings is 1. The lowest BCUT2D eigenvalue weighted by Gasteiger charge is -2.24. The molecule has 14 heavy (non-hydrogen) atoms. The Labute approximate surface area is 90.5 Å². The van der Waals surface area contributed by atoms with Gasteiger partial charge in [-0.05, 0) is 29.7 Å². The van der Waals surface area contributed by atoms with Crippen LogP contribution in [0.1, 0.15) is 25.0 Å². The van der Waals surface area contributed by atoms with Gasteiger partial charge in [-0.1, -0.05) is 19.9 Å². The number of halogens is 1. The van der Waals surface area contributed by atoms with Crippen LogP contribution in [0.3, 0.4) is 0 Å².